The van der Waals surface area contributed by atoms with Gasteiger partial charge in [-0.15, -0.1) is 0 Å². The number of phenols is 1. The molecule has 0 aliphatic carbocycles. The van der Waals surface area contributed by atoms with E-state index in [9.17, 15) is 5.11 Å². The fourth-order valence-electron chi connectivity index (χ4n) is 2.42. The average Bonchev–Trinajstić information content (AvgIpc) is 3.28. The molecule has 6 nitrogen and oxygen atoms in total. The van der Waals surface area contributed by atoms with Crippen LogP contribution >= 0.6 is 0 Å². The zero-order valence-corrected chi connectivity index (χ0v) is 12.0. The first-order valence-corrected chi connectivity index (χ1v) is 7.02. The van der Waals surface area contributed by atoms with Crippen LogP contribution in [0.25, 0.3) is 28.5 Å². The fourth-order valence-corrected chi connectivity index (χ4v) is 2.42. The van der Waals surface area contributed by atoms with Crippen LogP contribution in [-0.4, -0.2) is 24.8 Å². The standard InChI is InChI=1S/C17H12N4O2/c22-15-5-4-12(11-13(15)16-6-8-20-23-16)21-10-9-19-17(21)14-3-1-2-7-18-14/h1-11,22H. The molecule has 6 heteroatoms. The molecule has 0 amide bonds. The molecular formula is C17H12N4O2. The van der Waals surface area contributed by atoms with Crippen molar-refractivity contribution in [2.24, 2.45) is 0 Å². The summed E-state index contributed by atoms with van der Waals surface area (Å²) in [7, 11) is 0. The molecule has 4 rings (SSSR count). The second-order valence-corrected chi connectivity index (χ2v) is 4.91. The Kier molecular flexibility index (Phi) is 3.12. The van der Waals surface area contributed by atoms with E-state index in [1.165, 1.54) is 6.20 Å². The predicted molar refractivity (Wildman–Crippen MR) is 84.0 cm³/mol. The molecule has 0 radical (unpaired) electrons. The van der Waals surface area contributed by atoms with Crippen molar-refractivity contribution in [1.82, 2.24) is 19.7 Å². The summed E-state index contributed by atoms with van der Waals surface area (Å²) in [6.45, 7) is 0. The van der Waals surface area contributed by atoms with Crippen LogP contribution in [0.3, 0.4) is 0 Å². The van der Waals surface area contributed by atoms with Gasteiger partial charge in [-0.3, -0.25) is 9.55 Å². The van der Waals surface area contributed by atoms with E-state index in [0.29, 0.717) is 11.3 Å². The van der Waals surface area contributed by atoms with Crippen molar-refractivity contribution in [2.75, 3.05) is 0 Å². The third-order valence-corrected chi connectivity index (χ3v) is 3.50. The molecule has 0 saturated heterocycles. The highest BCUT2D eigenvalue weighted by Gasteiger charge is 2.13. The quantitative estimate of drug-likeness (QED) is 0.628. The molecule has 1 aromatic carbocycles. The van der Waals surface area contributed by atoms with E-state index in [0.717, 1.165) is 17.2 Å². The maximum atomic E-state index is 10.1. The van der Waals surface area contributed by atoms with Crippen LogP contribution in [0.4, 0.5) is 0 Å². The number of aromatic hydroxyl groups is 1. The number of imidazole rings is 1. The molecule has 23 heavy (non-hydrogen) atoms. The lowest BCUT2D eigenvalue weighted by Gasteiger charge is -2.09. The van der Waals surface area contributed by atoms with Crippen molar-refractivity contribution >= 4 is 0 Å². The Hall–Kier alpha value is -3.41. The van der Waals surface area contributed by atoms with Gasteiger partial charge in [-0.2, -0.15) is 0 Å². The van der Waals surface area contributed by atoms with Gasteiger partial charge in [0.1, 0.15) is 11.4 Å². The van der Waals surface area contributed by atoms with Gasteiger partial charge in [-0.25, -0.2) is 4.98 Å². The zero-order valence-electron chi connectivity index (χ0n) is 12.0. The lowest BCUT2D eigenvalue weighted by molar-refractivity contribution is 0.426. The Morgan fingerprint density at radius 3 is 2.70 bits per heavy atom. The van der Waals surface area contributed by atoms with E-state index >= 15 is 0 Å². The third-order valence-electron chi connectivity index (χ3n) is 3.50. The SMILES string of the molecule is Oc1ccc(-n2ccnc2-c2ccccn2)cc1-c1ccno1. The topological polar surface area (TPSA) is 77.0 Å². The fraction of sp³-hybridized carbons (Fsp3) is 0. The molecule has 0 atom stereocenters. The smallest absolute Gasteiger partial charge is 0.170 e. The number of benzene rings is 1. The van der Waals surface area contributed by atoms with Crippen molar-refractivity contribution in [3.63, 3.8) is 0 Å². The summed E-state index contributed by atoms with van der Waals surface area (Å²) in [4.78, 5) is 8.72. The minimum Gasteiger partial charge on any atom is -0.507 e. The van der Waals surface area contributed by atoms with Gasteiger partial charge in [0.05, 0.1) is 11.8 Å². The first-order valence-electron chi connectivity index (χ1n) is 7.02. The van der Waals surface area contributed by atoms with Crippen molar-refractivity contribution in [3.8, 4) is 34.3 Å². The van der Waals surface area contributed by atoms with E-state index in [1.54, 1.807) is 24.5 Å². The highest BCUT2D eigenvalue weighted by Crippen LogP contribution is 2.32. The maximum absolute atomic E-state index is 10.1. The second-order valence-electron chi connectivity index (χ2n) is 4.91. The van der Waals surface area contributed by atoms with Crippen LogP contribution in [0.1, 0.15) is 0 Å². The first-order chi connectivity index (χ1) is 11.3. The monoisotopic (exact) mass is 304 g/mol. The van der Waals surface area contributed by atoms with E-state index in [-0.39, 0.29) is 5.75 Å². The van der Waals surface area contributed by atoms with Gasteiger partial charge >= 0.3 is 0 Å². The number of nitrogens with zero attached hydrogens (tertiary/aromatic N) is 4. The molecule has 3 heterocycles. The molecule has 112 valence electrons. The van der Waals surface area contributed by atoms with Gasteiger partial charge in [0.2, 0.25) is 0 Å². The molecule has 0 bridgehead atoms. The molecular weight excluding hydrogens is 292 g/mol. The van der Waals surface area contributed by atoms with Gasteiger partial charge in [0, 0.05) is 30.3 Å². The number of hydrogen-bond acceptors (Lipinski definition) is 5. The lowest BCUT2D eigenvalue weighted by Crippen LogP contribution is -1.98. The Bertz CT molecular complexity index is 930. The number of phenolic OH excluding ortho intramolecular Hbond substituents is 1. The Balaban J connectivity index is 1.84. The summed E-state index contributed by atoms with van der Waals surface area (Å²) >= 11 is 0. The summed E-state index contributed by atoms with van der Waals surface area (Å²) in [5.74, 6) is 1.36. The van der Waals surface area contributed by atoms with Gasteiger partial charge in [0.15, 0.2) is 11.6 Å². The van der Waals surface area contributed by atoms with Gasteiger partial charge in [-0.1, -0.05) is 11.2 Å². The number of rotatable bonds is 3. The van der Waals surface area contributed by atoms with Crippen LogP contribution in [0, 0.1) is 0 Å². The van der Waals surface area contributed by atoms with Gasteiger partial charge in [-0.05, 0) is 30.3 Å². The highest BCUT2D eigenvalue weighted by atomic mass is 16.5. The molecule has 0 aliphatic rings. The molecule has 1 N–H and O–H groups in total. The van der Waals surface area contributed by atoms with Crippen LogP contribution in [0.2, 0.25) is 0 Å². The van der Waals surface area contributed by atoms with E-state index in [4.69, 9.17) is 4.52 Å². The normalized spacial score (nSPS) is 10.8. The number of hydrogen-bond donors (Lipinski definition) is 1. The minimum atomic E-state index is 0.130. The predicted octanol–water partition coefficient (Wildman–Crippen LogP) is 3.29. The lowest BCUT2D eigenvalue weighted by atomic mass is 10.1. The molecule has 0 fully saturated rings. The first kappa shape index (κ1) is 13.3. The van der Waals surface area contributed by atoms with Crippen molar-refractivity contribution < 1.29 is 9.63 Å². The molecule has 0 unspecified atom stereocenters. The second kappa shape index (κ2) is 5.42. The van der Waals surface area contributed by atoms with Crippen LogP contribution in [0.15, 0.2) is 71.8 Å². The number of pyridine rings is 1. The maximum Gasteiger partial charge on any atom is 0.170 e. The van der Waals surface area contributed by atoms with Crippen molar-refractivity contribution in [1.29, 1.82) is 0 Å². The van der Waals surface area contributed by atoms with Gasteiger partial charge in [0.25, 0.3) is 0 Å². The largest absolute Gasteiger partial charge is 0.507 e. The van der Waals surface area contributed by atoms with E-state index in [2.05, 4.69) is 15.1 Å². The van der Waals surface area contributed by atoms with Crippen LogP contribution in [-0.2, 0) is 0 Å². The van der Waals surface area contributed by atoms with Crippen molar-refractivity contribution in [3.05, 3.63) is 67.3 Å². The third kappa shape index (κ3) is 2.36. The Labute approximate surface area is 131 Å². The number of aromatic nitrogens is 4. The van der Waals surface area contributed by atoms with E-state index < -0.39 is 0 Å². The average molecular weight is 304 g/mol. The molecule has 0 aliphatic heterocycles. The molecule has 0 saturated carbocycles. The van der Waals surface area contributed by atoms with Crippen LogP contribution in [0.5, 0.6) is 5.75 Å². The highest BCUT2D eigenvalue weighted by molar-refractivity contribution is 5.69. The Morgan fingerprint density at radius 2 is 1.91 bits per heavy atom. The molecule has 0 spiro atoms. The summed E-state index contributed by atoms with van der Waals surface area (Å²) in [6, 6.07) is 12.6. The van der Waals surface area contributed by atoms with Gasteiger partial charge < -0.3 is 9.63 Å². The zero-order chi connectivity index (χ0) is 15.6. The van der Waals surface area contributed by atoms with E-state index in [1.807, 2.05) is 41.1 Å². The molecule has 3 aromatic heterocycles. The minimum absolute atomic E-state index is 0.130. The summed E-state index contributed by atoms with van der Waals surface area (Å²) < 4.78 is 7.04. The summed E-state index contributed by atoms with van der Waals surface area (Å²) in [5.41, 5.74) is 2.18. The molecule has 4 aromatic rings. The van der Waals surface area contributed by atoms with Crippen molar-refractivity contribution in [2.45, 2.75) is 0 Å². The summed E-state index contributed by atoms with van der Waals surface area (Å²) in [5, 5.41) is 13.7. The summed E-state index contributed by atoms with van der Waals surface area (Å²) in [6.07, 6.45) is 6.83. The Morgan fingerprint density at radius 1 is 0.957 bits per heavy atom. The van der Waals surface area contributed by atoms with Crippen LogP contribution < -0.4 is 0 Å².